The van der Waals surface area contributed by atoms with Crippen LogP contribution in [-0.2, 0) is 4.79 Å². The zero-order valence-electron chi connectivity index (χ0n) is 14.8. The molecule has 0 amide bonds. The molecule has 0 bridgehead atoms. The average molecular weight is 339 g/mol. The van der Waals surface area contributed by atoms with Crippen molar-refractivity contribution in [3.63, 3.8) is 0 Å². The summed E-state index contributed by atoms with van der Waals surface area (Å²) in [4.78, 5) is 23.3. The Morgan fingerprint density at radius 3 is 3.04 bits per heavy atom. The van der Waals surface area contributed by atoms with Gasteiger partial charge in [0.15, 0.2) is 0 Å². The number of hydrogen-bond acceptors (Lipinski definition) is 6. The molecule has 6 heteroatoms. The van der Waals surface area contributed by atoms with Crippen molar-refractivity contribution in [2.75, 3.05) is 27.2 Å². The Morgan fingerprint density at radius 2 is 2.40 bits per heavy atom. The van der Waals surface area contributed by atoms with E-state index >= 15 is 0 Å². The van der Waals surface area contributed by atoms with E-state index in [-0.39, 0.29) is 6.54 Å². The summed E-state index contributed by atoms with van der Waals surface area (Å²) < 4.78 is 0. The Bertz CT molecular complexity index is 667. The van der Waals surface area contributed by atoms with Crippen molar-refractivity contribution in [1.29, 1.82) is 0 Å². The van der Waals surface area contributed by atoms with Crippen LogP contribution in [0, 0.1) is 0 Å². The molecule has 25 heavy (non-hydrogen) atoms. The maximum Gasteiger partial charge on any atom is 0.139 e. The molecule has 0 aromatic heterocycles. The Labute approximate surface area is 149 Å². The summed E-state index contributed by atoms with van der Waals surface area (Å²) in [6, 6.07) is 0.368. The van der Waals surface area contributed by atoms with E-state index in [1.807, 2.05) is 29.3 Å². The van der Waals surface area contributed by atoms with Gasteiger partial charge in [-0.2, -0.15) is 0 Å². The van der Waals surface area contributed by atoms with Crippen molar-refractivity contribution in [2.24, 2.45) is 9.98 Å². The Morgan fingerprint density at radius 1 is 1.56 bits per heavy atom. The summed E-state index contributed by atoms with van der Waals surface area (Å²) in [5, 5.41) is 3.13. The van der Waals surface area contributed by atoms with E-state index in [0.29, 0.717) is 18.3 Å². The SMILES string of the molecule is C=NC(=C(/NCC=O)N1C=CN=CC1)/C1=C/C=C/C(N(C)C)C/C=C\1. The second-order valence-corrected chi connectivity index (χ2v) is 5.86. The van der Waals surface area contributed by atoms with Gasteiger partial charge in [-0.15, -0.1) is 0 Å². The first-order chi connectivity index (χ1) is 12.2. The summed E-state index contributed by atoms with van der Waals surface area (Å²) in [5.41, 5.74) is 1.64. The maximum absolute atomic E-state index is 10.8. The first kappa shape index (κ1) is 18.6. The van der Waals surface area contributed by atoms with E-state index < -0.39 is 0 Å². The minimum atomic E-state index is 0.200. The van der Waals surface area contributed by atoms with E-state index in [1.165, 1.54) is 0 Å². The normalized spacial score (nSPS) is 25.3. The second kappa shape index (κ2) is 9.54. The first-order valence-electron chi connectivity index (χ1n) is 8.22. The number of allylic oxidation sites excluding steroid dienone is 3. The molecule has 1 heterocycles. The van der Waals surface area contributed by atoms with Gasteiger partial charge in [0, 0.05) is 30.2 Å². The van der Waals surface area contributed by atoms with Gasteiger partial charge in [0.05, 0.1) is 13.1 Å². The lowest BCUT2D eigenvalue weighted by molar-refractivity contribution is -0.107. The Kier molecular flexibility index (Phi) is 7.10. The van der Waals surface area contributed by atoms with Gasteiger partial charge in [0.1, 0.15) is 17.8 Å². The van der Waals surface area contributed by atoms with Crippen LogP contribution in [-0.4, -0.2) is 62.2 Å². The van der Waals surface area contributed by atoms with Gasteiger partial charge >= 0.3 is 0 Å². The number of likely N-dealkylation sites (N-methyl/N-ethyl adjacent to an activating group) is 1. The third kappa shape index (κ3) is 5.12. The molecule has 1 N–H and O–H groups in total. The van der Waals surface area contributed by atoms with Crippen LogP contribution in [0.1, 0.15) is 6.42 Å². The van der Waals surface area contributed by atoms with Crippen LogP contribution < -0.4 is 5.32 Å². The predicted molar refractivity (Wildman–Crippen MR) is 103 cm³/mol. The fraction of sp³-hybridized carbons (Fsp3) is 0.316. The molecule has 0 radical (unpaired) electrons. The van der Waals surface area contributed by atoms with Gasteiger partial charge in [-0.05, 0) is 27.2 Å². The number of rotatable bonds is 7. The maximum atomic E-state index is 10.8. The molecule has 0 fully saturated rings. The minimum absolute atomic E-state index is 0.200. The van der Waals surface area contributed by atoms with Crippen molar-refractivity contribution in [3.8, 4) is 0 Å². The lowest BCUT2D eigenvalue weighted by Gasteiger charge is -2.26. The summed E-state index contributed by atoms with van der Waals surface area (Å²) in [6.45, 7) is 4.53. The molecule has 0 aromatic rings. The van der Waals surface area contributed by atoms with E-state index in [0.717, 1.165) is 24.1 Å². The van der Waals surface area contributed by atoms with Gasteiger partial charge < -0.3 is 19.9 Å². The lowest BCUT2D eigenvalue weighted by Crippen LogP contribution is -2.32. The van der Waals surface area contributed by atoms with E-state index in [9.17, 15) is 4.79 Å². The van der Waals surface area contributed by atoms with Crippen molar-refractivity contribution < 1.29 is 4.79 Å². The number of aldehydes is 1. The zero-order chi connectivity index (χ0) is 18.1. The Hall–Kier alpha value is -2.73. The van der Waals surface area contributed by atoms with Gasteiger partial charge in [0.25, 0.3) is 0 Å². The zero-order valence-corrected chi connectivity index (χ0v) is 14.8. The third-order valence-electron chi connectivity index (χ3n) is 3.96. The second-order valence-electron chi connectivity index (χ2n) is 5.86. The summed E-state index contributed by atoms with van der Waals surface area (Å²) >= 11 is 0. The van der Waals surface area contributed by atoms with Crippen LogP contribution in [0.4, 0.5) is 0 Å². The largest absolute Gasteiger partial charge is 0.363 e. The molecule has 2 rings (SSSR count). The minimum Gasteiger partial charge on any atom is -0.363 e. The molecule has 0 spiro atoms. The van der Waals surface area contributed by atoms with Crippen LogP contribution in [0.5, 0.6) is 0 Å². The molecule has 1 aliphatic carbocycles. The predicted octanol–water partition coefficient (Wildman–Crippen LogP) is 1.87. The summed E-state index contributed by atoms with van der Waals surface area (Å²) in [7, 11) is 4.13. The average Bonchev–Trinajstić information content (AvgIpc) is 2.60. The molecule has 1 aliphatic heterocycles. The van der Waals surface area contributed by atoms with Crippen LogP contribution in [0.15, 0.2) is 69.9 Å². The molecule has 0 saturated heterocycles. The van der Waals surface area contributed by atoms with Crippen LogP contribution in [0.2, 0.25) is 0 Å². The van der Waals surface area contributed by atoms with Crippen molar-refractivity contribution in [1.82, 2.24) is 15.1 Å². The lowest BCUT2D eigenvalue weighted by atomic mass is 10.0. The van der Waals surface area contributed by atoms with E-state index in [4.69, 9.17) is 0 Å². The topological polar surface area (TPSA) is 60.3 Å². The smallest absolute Gasteiger partial charge is 0.139 e. The molecule has 2 aliphatic rings. The molecule has 0 saturated carbocycles. The third-order valence-corrected chi connectivity index (χ3v) is 3.96. The molecule has 0 aromatic carbocycles. The number of nitrogens with one attached hydrogen (secondary N) is 1. The molecule has 132 valence electrons. The van der Waals surface area contributed by atoms with Gasteiger partial charge in [-0.25, -0.2) is 0 Å². The number of carbonyl (C=O) groups excluding carboxylic acids is 1. The molecular weight excluding hydrogens is 314 g/mol. The van der Waals surface area contributed by atoms with Crippen LogP contribution >= 0.6 is 0 Å². The van der Waals surface area contributed by atoms with Crippen molar-refractivity contribution in [3.05, 3.63) is 59.9 Å². The summed E-state index contributed by atoms with van der Waals surface area (Å²) in [6.07, 6.45) is 17.5. The van der Waals surface area contributed by atoms with Crippen LogP contribution in [0.25, 0.3) is 0 Å². The fourth-order valence-electron chi connectivity index (χ4n) is 2.60. The number of aliphatic imine (C=N–C) groups is 2. The van der Waals surface area contributed by atoms with Crippen molar-refractivity contribution in [2.45, 2.75) is 12.5 Å². The highest BCUT2D eigenvalue weighted by Gasteiger charge is 2.16. The highest BCUT2D eigenvalue weighted by atomic mass is 16.1. The van der Waals surface area contributed by atoms with Crippen molar-refractivity contribution >= 4 is 19.2 Å². The highest BCUT2D eigenvalue weighted by molar-refractivity contribution is 5.63. The van der Waals surface area contributed by atoms with Crippen LogP contribution in [0.3, 0.4) is 0 Å². The molecule has 6 nitrogen and oxygen atoms in total. The molecule has 1 unspecified atom stereocenters. The van der Waals surface area contributed by atoms with Gasteiger partial charge in [-0.3, -0.25) is 9.98 Å². The standard InChI is InChI=1S/C19H25N5O/c1-20-18(16-6-4-8-17(23(2)3)9-5-7-16)19(22-12-15-25)24-13-10-21-11-14-24/h4-8,10-11,13,15,17,22H,1,9,12,14H2,2-3H3/b7-5-,8-4+,16-6+,19-18-. The number of carbonyl (C=O) groups is 1. The quantitative estimate of drug-likeness (QED) is 0.568. The Balaban J connectivity index is 2.39. The summed E-state index contributed by atoms with van der Waals surface area (Å²) in [5.74, 6) is 0.735. The monoisotopic (exact) mass is 339 g/mol. The fourth-order valence-corrected chi connectivity index (χ4v) is 2.60. The van der Waals surface area contributed by atoms with E-state index in [2.05, 4.69) is 53.2 Å². The molecule has 1 atom stereocenters. The van der Waals surface area contributed by atoms with Gasteiger partial charge in [-0.1, -0.05) is 30.4 Å². The number of hydrogen-bond donors (Lipinski definition) is 1. The number of nitrogens with zero attached hydrogens (tertiary/aromatic N) is 4. The molecular formula is C19H25N5O. The first-order valence-corrected chi connectivity index (χ1v) is 8.22. The highest BCUT2D eigenvalue weighted by Crippen LogP contribution is 2.22. The van der Waals surface area contributed by atoms with Gasteiger partial charge in [0.2, 0.25) is 0 Å². The van der Waals surface area contributed by atoms with E-state index in [1.54, 1.807) is 12.4 Å².